The van der Waals surface area contributed by atoms with Crippen LogP contribution in [0, 0.1) is 5.92 Å². The van der Waals surface area contributed by atoms with Crippen LogP contribution in [0.5, 0.6) is 0 Å². The lowest BCUT2D eigenvalue weighted by Gasteiger charge is -2.31. The van der Waals surface area contributed by atoms with E-state index in [9.17, 15) is 67.7 Å². The lowest BCUT2D eigenvalue weighted by atomic mass is 10.0. The molecular formula is C44H67N13O14S. The van der Waals surface area contributed by atoms with Crippen LogP contribution in [0.4, 0.5) is 0 Å². The van der Waals surface area contributed by atoms with E-state index >= 15 is 0 Å². The number of aromatic nitrogens is 2. The normalized spacial score (nSPS) is 27.7. The molecule has 28 heteroatoms. The first-order valence-corrected chi connectivity index (χ1v) is 24.4. The number of thiol groups is 1. The largest absolute Gasteiger partial charge is 0.481 e. The maximum atomic E-state index is 14.1. The fourth-order valence-electron chi connectivity index (χ4n) is 8.48. The number of carboxylic acid groups (broad SMARTS) is 1. The molecular weight excluding hydrogens is 967 g/mol. The van der Waals surface area contributed by atoms with Gasteiger partial charge in [0.1, 0.15) is 54.4 Å². The summed E-state index contributed by atoms with van der Waals surface area (Å²) < 4.78 is 0. The lowest BCUT2D eigenvalue weighted by Crippen LogP contribution is -2.62. The zero-order chi connectivity index (χ0) is 53.4. The SMILES string of the molecule is CC(C)C[C@@H]1NC(=O)[C@H](CCC(=O)O)NC(=O)CNC(=O)[C@@H]2CCCN2C(=O)[C@H]([C@@H](C)O)NC(=O)[C@H](CS)NC(=O)[C@H](Cc2cnc[nH]2)NC(=O)[C@@H](CCC(N)=O)NC(=O)[C@@H]2CCCN2C(=O)[C@H](C)NC1=O. The van der Waals surface area contributed by atoms with E-state index in [4.69, 9.17) is 5.73 Å². The van der Waals surface area contributed by atoms with Gasteiger partial charge in [0.05, 0.1) is 19.0 Å². The molecule has 3 aliphatic heterocycles. The van der Waals surface area contributed by atoms with Gasteiger partial charge in [0.2, 0.25) is 65.0 Å². The molecule has 398 valence electrons. The first-order chi connectivity index (χ1) is 34.0. The first kappa shape index (κ1) is 57.7. The van der Waals surface area contributed by atoms with E-state index in [1.165, 1.54) is 31.3 Å². The van der Waals surface area contributed by atoms with Gasteiger partial charge in [-0.05, 0) is 64.7 Å². The lowest BCUT2D eigenvalue weighted by molar-refractivity contribution is -0.144. The van der Waals surface area contributed by atoms with Crippen molar-refractivity contribution < 1.29 is 67.7 Å². The van der Waals surface area contributed by atoms with Crippen LogP contribution in [-0.2, 0) is 64.0 Å². The summed E-state index contributed by atoms with van der Waals surface area (Å²) in [6, 6.07) is -12.7. The molecule has 0 bridgehead atoms. The Bertz CT molecular complexity index is 2180. The third-order valence-corrected chi connectivity index (χ3v) is 12.6. The number of aliphatic carboxylic acids is 1. The highest BCUT2D eigenvalue weighted by atomic mass is 32.1. The maximum absolute atomic E-state index is 14.1. The second-order valence-electron chi connectivity index (χ2n) is 18.4. The number of nitrogens with two attached hydrogens (primary N) is 1. The van der Waals surface area contributed by atoms with Gasteiger partial charge < -0.3 is 73.3 Å². The Morgan fingerprint density at radius 1 is 0.708 bits per heavy atom. The monoisotopic (exact) mass is 1030 g/mol. The van der Waals surface area contributed by atoms with Crippen LogP contribution in [0.1, 0.15) is 91.2 Å². The number of hydrogen-bond acceptors (Lipinski definition) is 15. The topological polar surface area (TPSA) is 403 Å². The minimum Gasteiger partial charge on any atom is -0.481 e. The molecule has 27 nitrogen and oxygen atoms in total. The molecule has 0 aliphatic carbocycles. The summed E-state index contributed by atoms with van der Waals surface area (Å²) in [5.41, 5.74) is 5.77. The standard InChI is InChI=1S/C44H67N13O14S/c1-21(2)15-27-38(65)49-22(3)43(70)56-13-6-8-31(56)42(69)51-26(9-11-32(45)59)37(64)53-28(16-24-17-46-20-48-24)39(66)54-29(19-72)40(67)55-35(23(4)58)44(71)57-14-5-7-30(57)41(68)47-18-33(60)50-25(36(63)52-27)10-12-34(61)62/h17,20-23,25-31,35,58,72H,5-16,18-19H2,1-4H3,(H2,45,59)(H,46,48)(H,47,68)(H,49,65)(H,50,60)(H,51,69)(H,52,63)(H,53,64)(H,54,66)(H,55,67)(H,61,62)/t22-,23+,25-,26+,27-,28-,29-,30-,31-,35-/m0/s1. The molecule has 72 heavy (non-hydrogen) atoms. The Labute approximate surface area is 420 Å². The van der Waals surface area contributed by atoms with Crippen LogP contribution in [0.15, 0.2) is 12.5 Å². The van der Waals surface area contributed by atoms with Crippen molar-refractivity contribution in [2.45, 2.75) is 152 Å². The van der Waals surface area contributed by atoms with Crippen molar-refractivity contribution in [3.05, 3.63) is 18.2 Å². The number of amides is 11. The fraction of sp³-hybridized carbons (Fsp3) is 0.659. The van der Waals surface area contributed by atoms with E-state index in [2.05, 4.69) is 65.1 Å². The Balaban J connectivity index is 1.72. The van der Waals surface area contributed by atoms with Crippen molar-refractivity contribution in [2.24, 2.45) is 11.7 Å². The van der Waals surface area contributed by atoms with Gasteiger partial charge in [0, 0.05) is 50.0 Å². The van der Waals surface area contributed by atoms with E-state index in [-0.39, 0.29) is 56.9 Å². The Morgan fingerprint density at radius 3 is 1.81 bits per heavy atom. The van der Waals surface area contributed by atoms with Gasteiger partial charge in [-0.25, -0.2) is 4.98 Å². The molecule has 4 rings (SSSR count). The molecule has 0 aromatic carbocycles. The summed E-state index contributed by atoms with van der Waals surface area (Å²) in [6.07, 6.45) is -0.00829. The molecule has 1 aromatic rings. The average molecular weight is 1030 g/mol. The molecule has 11 amide bonds. The van der Waals surface area contributed by atoms with Crippen molar-refractivity contribution in [2.75, 3.05) is 25.4 Å². The number of hydrogen-bond donors (Lipinski definition) is 13. The van der Waals surface area contributed by atoms with Gasteiger partial charge >= 0.3 is 5.97 Å². The van der Waals surface area contributed by atoms with Crippen LogP contribution in [0.2, 0.25) is 0 Å². The van der Waals surface area contributed by atoms with E-state index in [0.29, 0.717) is 18.5 Å². The molecule has 13 N–H and O–H groups in total. The number of nitrogens with zero attached hydrogens (tertiary/aromatic N) is 3. The number of carbonyl (C=O) groups excluding carboxylic acids is 11. The fourth-order valence-corrected chi connectivity index (χ4v) is 8.74. The van der Waals surface area contributed by atoms with Gasteiger partial charge in [-0.3, -0.25) is 57.5 Å². The molecule has 0 spiro atoms. The zero-order valence-corrected chi connectivity index (χ0v) is 41.5. The molecule has 1 aromatic heterocycles. The summed E-state index contributed by atoms with van der Waals surface area (Å²) >= 11 is 4.22. The smallest absolute Gasteiger partial charge is 0.303 e. The molecule has 3 fully saturated rings. The van der Waals surface area contributed by atoms with E-state index in [0.717, 1.165) is 4.90 Å². The van der Waals surface area contributed by atoms with Gasteiger partial charge in [-0.1, -0.05) is 13.8 Å². The van der Waals surface area contributed by atoms with Crippen LogP contribution in [0.25, 0.3) is 0 Å². The predicted octanol–water partition coefficient (Wildman–Crippen LogP) is -5.04. The second kappa shape index (κ2) is 27.1. The zero-order valence-electron chi connectivity index (χ0n) is 40.6. The quantitative estimate of drug-likeness (QED) is 0.0872. The van der Waals surface area contributed by atoms with Gasteiger partial charge in [0.25, 0.3) is 0 Å². The van der Waals surface area contributed by atoms with Crippen molar-refractivity contribution in [3.63, 3.8) is 0 Å². The van der Waals surface area contributed by atoms with Crippen molar-refractivity contribution in [1.82, 2.24) is 62.3 Å². The summed E-state index contributed by atoms with van der Waals surface area (Å²) in [5, 5.41) is 40.1. The summed E-state index contributed by atoms with van der Waals surface area (Å²) in [4.78, 5) is 171. The van der Waals surface area contributed by atoms with E-state index < -0.39 is 157 Å². The molecule has 0 unspecified atom stereocenters. The second-order valence-corrected chi connectivity index (χ2v) is 18.8. The number of imidazole rings is 1. The Morgan fingerprint density at radius 2 is 1.24 bits per heavy atom. The Kier molecular flexibility index (Phi) is 21.7. The highest BCUT2D eigenvalue weighted by Crippen LogP contribution is 2.21. The molecule has 4 heterocycles. The third-order valence-electron chi connectivity index (χ3n) is 12.3. The molecule has 0 radical (unpaired) electrons. The summed E-state index contributed by atoms with van der Waals surface area (Å²) in [6.45, 7) is 5.38. The average Bonchev–Trinajstić information content (AvgIpc) is 4.13. The minimum absolute atomic E-state index is 0.000781. The van der Waals surface area contributed by atoms with Gasteiger partial charge in [-0.15, -0.1) is 0 Å². The van der Waals surface area contributed by atoms with Gasteiger partial charge in [0.15, 0.2) is 0 Å². The van der Waals surface area contributed by atoms with Crippen LogP contribution >= 0.6 is 12.6 Å². The predicted molar refractivity (Wildman–Crippen MR) is 254 cm³/mol. The number of aliphatic hydroxyl groups is 1. The number of rotatable bonds is 12. The van der Waals surface area contributed by atoms with Crippen molar-refractivity contribution in [3.8, 4) is 0 Å². The molecule has 3 aliphatic rings. The van der Waals surface area contributed by atoms with Crippen molar-refractivity contribution >= 4 is 83.6 Å². The van der Waals surface area contributed by atoms with Crippen LogP contribution in [-0.4, -0.2) is 187 Å². The number of aromatic amines is 1. The minimum atomic E-state index is -1.67. The van der Waals surface area contributed by atoms with Crippen LogP contribution < -0.4 is 48.3 Å². The molecule has 10 atom stereocenters. The van der Waals surface area contributed by atoms with E-state index in [1.807, 2.05) is 0 Å². The highest BCUT2D eigenvalue weighted by Gasteiger charge is 2.42. The highest BCUT2D eigenvalue weighted by molar-refractivity contribution is 7.80. The molecule has 0 saturated carbocycles. The first-order valence-electron chi connectivity index (χ1n) is 23.8. The maximum Gasteiger partial charge on any atom is 0.303 e. The number of primary amides is 1. The number of nitrogens with one attached hydrogen (secondary N) is 9. The number of carboxylic acids is 1. The third kappa shape index (κ3) is 16.6. The number of carbonyl (C=O) groups is 12. The van der Waals surface area contributed by atoms with Crippen LogP contribution in [0.3, 0.4) is 0 Å². The van der Waals surface area contributed by atoms with Gasteiger partial charge in [-0.2, -0.15) is 12.6 Å². The Hall–Kier alpha value is -6.84. The molecule has 3 saturated heterocycles. The number of aliphatic hydroxyl groups excluding tert-OH is 1. The number of fused-ring (bicyclic) bond motifs is 2. The summed E-state index contributed by atoms with van der Waals surface area (Å²) in [5.74, 6) is -11.5. The van der Waals surface area contributed by atoms with Crippen molar-refractivity contribution in [1.29, 1.82) is 0 Å². The number of H-pyrrole nitrogens is 1. The summed E-state index contributed by atoms with van der Waals surface area (Å²) in [7, 11) is 0. The van der Waals surface area contributed by atoms with E-state index in [1.54, 1.807) is 13.8 Å².